The molecule has 108 valence electrons. The lowest BCUT2D eigenvalue weighted by molar-refractivity contribution is -0.128. The number of hydrogen-bond acceptors (Lipinski definition) is 4. The molecule has 0 aliphatic rings. The van der Waals surface area contributed by atoms with Crippen molar-refractivity contribution in [1.82, 2.24) is 5.32 Å². The standard InChI is InChI=1S/C15H19NO4/c1-5-8-16-14(17)11(3)20-15(18)12-7-6-10(2)13(9-12)19-4/h5-7,9,11H,1,8H2,2-4H3,(H,16,17). The average molecular weight is 277 g/mol. The van der Waals surface area contributed by atoms with Gasteiger partial charge in [0.1, 0.15) is 5.75 Å². The molecular weight excluding hydrogens is 258 g/mol. The van der Waals surface area contributed by atoms with Gasteiger partial charge in [-0.05, 0) is 31.5 Å². The predicted molar refractivity (Wildman–Crippen MR) is 75.8 cm³/mol. The molecule has 1 aromatic rings. The van der Waals surface area contributed by atoms with E-state index in [9.17, 15) is 9.59 Å². The lowest BCUT2D eigenvalue weighted by Crippen LogP contribution is -2.35. The highest BCUT2D eigenvalue weighted by atomic mass is 16.5. The van der Waals surface area contributed by atoms with Gasteiger partial charge in [0.2, 0.25) is 0 Å². The normalized spacial score (nSPS) is 11.3. The number of methoxy groups -OCH3 is 1. The molecule has 5 heteroatoms. The summed E-state index contributed by atoms with van der Waals surface area (Å²) in [6, 6.07) is 4.98. The van der Waals surface area contributed by atoms with Gasteiger partial charge in [-0.3, -0.25) is 4.79 Å². The van der Waals surface area contributed by atoms with Gasteiger partial charge < -0.3 is 14.8 Å². The number of nitrogens with one attached hydrogen (secondary N) is 1. The molecule has 0 aliphatic carbocycles. The van der Waals surface area contributed by atoms with Gasteiger partial charge >= 0.3 is 5.97 Å². The fourth-order valence-corrected chi connectivity index (χ4v) is 1.55. The Morgan fingerprint density at radius 1 is 1.45 bits per heavy atom. The minimum absolute atomic E-state index is 0.332. The molecule has 1 aromatic carbocycles. The molecule has 0 saturated carbocycles. The molecule has 20 heavy (non-hydrogen) atoms. The largest absolute Gasteiger partial charge is 0.496 e. The Kier molecular flexibility index (Phi) is 5.77. The Morgan fingerprint density at radius 3 is 2.75 bits per heavy atom. The molecule has 0 heterocycles. The second kappa shape index (κ2) is 7.33. The van der Waals surface area contributed by atoms with E-state index in [1.807, 2.05) is 6.92 Å². The number of ether oxygens (including phenoxy) is 2. The van der Waals surface area contributed by atoms with Crippen LogP contribution in [0.3, 0.4) is 0 Å². The topological polar surface area (TPSA) is 64.6 Å². The van der Waals surface area contributed by atoms with Gasteiger partial charge in [-0.1, -0.05) is 12.1 Å². The van der Waals surface area contributed by atoms with Crippen molar-refractivity contribution in [3.63, 3.8) is 0 Å². The van der Waals surface area contributed by atoms with Gasteiger partial charge in [-0.15, -0.1) is 6.58 Å². The SMILES string of the molecule is C=CCNC(=O)C(C)OC(=O)c1ccc(C)c(OC)c1. The van der Waals surface area contributed by atoms with E-state index >= 15 is 0 Å². The monoisotopic (exact) mass is 277 g/mol. The highest BCUT2D eigenvalue weighted by molar-refractivity contribution is 5.92. The van der Waals surface area contributed by atoms with E-state index < -0.39 is 12.1 Å². The zero-order valence-corrected chi connectivity index (χ0v) is 11.9. The average Bonchev–Trinajstić information content (AvgIpc) is 2.44. The lowest BCUT2D eigenvalue weighted by atomic mass is 10.1. The Balaban J connectivity index is 2.71. The number of esters is 1. The maximum Gasteiger partial charge on any atom is 0.339 e. The second-order valence-corrected chi connectivity index (χ2v) is 4.27. The summed E-state index contributed by atoms with van der Waals surface area (Å²) in [4.78, 5) is 23.5. The third-order valence-electron chi connectivity index (χ3n) is 2.72. The summed E-state index contributed by atoms with van der Waals surface area (Å²) < 4.78 is 10.2. The predicted octanol–water partition coefficient (Wildman–Crippen LogP) is 1.85. The maximum atomic E-state index is 11.9. The van der Waals surface area contributed by atoms with E-state index in [-0.39, 0.29) is 5.91 Å². The summed E-state index contributed by atoms with van der Waals surface area (Å²) in [7, 11) is 1.53. The molecule has 1 atom stereocenters. The summed E-state index contributed by atoms with van der Waals surface area (Å²) >= 11 is 0. The smallest absolute Gasteiger partial charge is 0.339 e. The number of benzene rings is 1. The van der Waals surface area contributed by atoms with Gasteiger partial charge in [-0.25, -0.2) is 4.79 Å². The van der Waals surface area contributed by atoms with Crippen molar-refractivity contribution in [3.05, 3.63) is 42.0 Å². The fraction of sp³-hybridized carbons (Fsp3) is 0.333. The van der Waals surface area contributed by atoms with Crippen LogP contribution < -0.4 is 10.1 Å². The quantitative estimate of drug-likeness (QED) is 0.636. The summed E-state index contributed by atoms with van der Waals surface area (Å²) in [5.41, 5.74) is 1.26. The van der Waals surface area contributed by atoms with E-state index in [4.69, 9.17) is 9.47 Å². The summed E-state index contributed by atoms with van der Waals surface area (Å²) in [6.07, 6.45) is 0.687. The van der Waals surface area contributed by atoms with E-state index in [0.717, 1.165) is 5.56 Å². The first-order valence-electron chi connectivity index (χ1n) is 6.23. The van der Waals surface area contributed by atoms with Crippen LogP contribution in [-0.2, 0) is 9.53 Å². The van der Waals surface area contributed by atoms with Crippen LogP contribution in [-0.4, -0.2) is 31.6 Å². The molecule has 0 aliphatic heterocycles. The van der Waals surface area contributed by atoms with Crippen molar-refractivity contribution in [2.75, 3.05) is 13.7 Å². The van der Waals surface area contributed by atoms with Crippen LogP contribution in [0.4, 0.5) is 0 Å². The lowest BCUT2D eigenvalue weighted by Gasteiger charge is -2.13. The molecule has 0 fully saturated rings. The van der Waals surface area contributed by atoms with Crippen LogP contribution in [0.15, 0.2) is 30.9 Å². The van der Waals surface area contributed by atoms with Crippen LogP contribution in [0.25, 0.3) is 0 Å². The first-order valence-corrected chi connectivity index (χ1v) is 6.23. The van der Waals surface area contributed by atoms with Gasteiger partial charge in [0.25, 0.3) is 5.91 Å². The van der Waals surface area contributed by atoms with E-state index in [2.05, 4.69) is 11.9 Å². The summed E-state index contributed by atoms with van der Waals surface area (Å²) in [5, 5.41) is 2.56. The third kappa shape index (κ3) is 4.12. The Labute approximate surface area is 118 Å². The number of carbonyl (C=O) groups excluding carboxylic acids is 2. The van der Waals surface area contributed by atoms with E-state index in [0.29, 0.717) is 17.9 Å². The highest BCUT2D eigenvalue weighted by Gasteiger charge is 2.18. The first-order chi connectivity index (χ1) is 9.49. The van der Waals surface area contributed by atoms with Gasteiger partial charge in [0.15, 0.2) is 6.10 Å². The number of hydrogen-bond donors (Lipinski definition) is 1. The van der Waals surface area contributed by atoms with Crippen LogP contribution in [0, 0.1) is 6.92 Å². The molecule has 0 saturated heterocycles. The van der Waals surface area contributed by atoms with Crippen LogP contribution >= 0.6 is 0 Å². The number of carbonyl (C=O) groups is 2. The van der Waals surface area contributed by atoms with Crippen molar-refractivity contribution in [3.8, 4) is 5.75 Å². The summed E-state index contributed by atoms with van der Waals surface area (Å²) in [5.74, 6) is -0.329. The zero-order chi connectivity index (χ0) is 15.1. The Hall–Kier alpha value is -2.30. The van der Waals surface area contributed by atoms with Gasteiger partial charge in [0.05, 0.1) is 12.7 Å². The molecule has 0 bridgehead atoms. The van der Waals surface area contributed by atoms with E-state index in [1.165, 1.54) is 14.0 Å². The third-order valence-corrected chi connectivity index (χ3v) is 2.72. The van der Waals surface area contributed by atoms with Crippen LogP contribution in [0.1, 0.15) is 22.8 Å². The van der Waals surface area contributed by atoms with Crippen molar-refractivity contribution >= 4 is 11.9 Å². The zero-order valence-electron chi connectivity index (χ0n) is 11.9. The Morgan fingerprint density at radius 2 is 2.15 bits per heavy atom. The maximum absolute atomic E-state index is 11.9. The van der Waals surface area contributed by atoms with Crippen molar-refractivity contribution < 1.29 is 19.1 Å². The van der Waals surface area contributed by atoms with Crippen LogP contribution in [0.5, 0.6) is 5.75 Å². The molecule has 0 spiro atoms. The van der Waals surface area contributed by atoms with Crippen molar-refractivity contribution in [2.45, 2.75) is 20.0 Å². The van der Waals surface area contributed by atoms with Crippen LogP contribution in [0.2, 0.25) is 0 Å². The molecular formula is C15H19NO4. The first kappa shape index (κ1) is 15.8. The van der Waals surface area contributed by atoms with Crippen molar-refractivity contribution in [1.29, 1.82) is 0 Å². The molecule has 0 radical (unpaired) electrons. The molecule has 1 unspecified atom stereocenters. The molecule has 5 nitrogen and oxygen atoms in total. The van der Waals surface area contributed by atoms with Crippen molar-refractivity contribution in [2.24, 2.45) is 0 Å². The summed E-state index contributed by atoms with van der Waals surface area (Å²) in [6.45, 7) is 7.21. The second-order valence-electron chi connectivity index (χ2n) is 4.27. The number of rotatable bonds is 6. The minimum Gasteiger partial charge on any atom is -0.496 e. The molecule has 1 rings (SSSR count). The van der Waals surface area contributed by atoms with Gasteiger partial charge in [-0.2, -0.15) is 0 Å². The molecule has 1 N–H and O–H groups in total. The molecule has 1 amide bonds. The minimum atomic E-state index is -0.866. The number of aryl methyl sites for hydroxylation is 1. The Bertz CT molecular complexity index is 511. The van der Waals surface area contributed by atoms with Gasteiger partial charge in [0, 0.05) is 6.54 Å². The molecule has 0 aromatic heterocycles. The number of amides is 1. The fourth-order valence-electron chi connectivity index (χ4n) is 1.55. The highest BCUT2D eigenvalue weighted by Crippen LogP contribution is 2.19. The van der Waals surface area contributed by atoms with E-state index in [1.54, 1.807) is 24.3 Å².